The molecule has 1 atom stereocenters. The maximum Gasteiger partial charge on any atom is 0.242 e. The van der Waals surface area contributed by atoms with Gasteiger partial charge in [-0.05, 0) is 37.5 Å². The van der Waals surface area contributed by atoms with E-state index in [1.54, 1.807) is 31.1 Å². The zero-order chi connectivity index (χ0) is 17.9. The topological polar surface area (TPSA) is 58.6 Å². The highest BCUT2D eigenvalue weighted by Gasteiger charge is 2.25. The van der Waals surface area contributed by atoms with Gasteiger partial charge in [-0.15, -0.1) is 0 Å². The number of methoxy groups -OCH3 is 1. The first kappa shape index (κ1) is 20.1. The Hall–Kier alpha value is -1.95. The number of carbonyl (C=O) groups excluding carboxylic acids is 2. The van der Waals surface area contributed by atoms with E-state index in [2.05, 4.69) is 5.32 Å². The Morgan fingerprint density at radius 2 is 1.96 bits per heavy atom. The van der Waals surface area contributed by atoms with Crippen LogP contribution in [0.1, 0.15) is 38.7 Å². The Kier molecular flexibility index (Phi) is 9.01. The fraction of sp³-hybridized carbons (Fsp3) is 0.556. The lowest BCUT2D eigenvalue weighted by Gasteiger charge is -2.28. The molecule has 2 amide bonds. The molecule has 0 aromatic heterocycles. The van der Waals surface area contributed by atoms with Crippen LogP contribution in [0.3, 0.4) is 0 Å². The van der Waals surface area contributed by atoms with Crippen LogP contribution < -0.4 is 5.32 Å². The number of halogens is 1. The number of nitrogens with one attached hydrogen (secondary N) is 1. The van der Waals surface area contributed by atoms with Crippen LogP contribution in [-0.2, 0) is 20.9 Å². The van der Waals surface area contributed by atoms with Gasteiger partial charge >= 0.3 is 0 Å². The molecule has 6 heteroatoms. The third kappa shape index (κ3) is 6.66. The monoisotopic (exact) mass is 338 g/mol. The van der Waals surface area contributed by atoms with Crippen molar-refractivity contribution >= 4 is 11.8 Å². The predicted molar refractivity (Wildman–Crippen MR) is 90.8 cm³/mol. The van der Waals surface area contributed by atoms with Gasteiger partial charge in [0.25, 0.3) is 0 Å². The van der Waals surface area contributed by atoms with E-state index in [-0.39, 0.29) is 24.2 Å². The lowest BCUT2D eigenvalue weighted by molar-refractivity contribution is -0.140. The Labute approximate surface area is 143 Å². The SMILES string of the molecule is CCCC(=O)N(Cc1ccc(F)cc1)[C@@H](C)C(=O)NCCCOC. The van der Waals surface area contributed by atoms with Crippen LogP contribution >= 0.6 is 0 Å². The van der Waals surface area contributed by atoms with Gasteiger partial charge in [-0.1, -0.05) is 19.1 Å². The second kappa shape index (κ2) is 10.8. The van der Waals surface area contributed by atoms with Crippen molar-refractivity contribution in [3.8, 4) is 0 Å². The molecule has 0 heterocycles. The molecule has 0 aliphatic rings. The molecular formula is C18H27FN2O3. The van der Waals surface area contributed by atoms with Gasteiger partial charge in [0, 0.05) is 33.2 Å². The van der Waals surface area contributed by atoms with E-state index in [9.17, 15) is 14.0 Å². The van der Waals surface area contributed by atoms with Crippen molar-refractivity contribution in [2.24, 2.45) is 0 Å². The van der Waals surface area contributed by atoms with Gasteiger partial charge in [-0.2, -0.15) is 0 Å². The summed E-state index contributed by atoms with van der Waals surface area (Å²) >= 11 is 0. The first-order chi connectivity index (χ1) is 11.5. The van der Waals surface area contributed by atoms with Gasteiger partial charge in [0.1, 0.15) is 11.9 Å². The van der Waals surface area contributed by atoms with E-state index in [1.807, 2.05) is 6.92 Å². The number of benzene rings is 1. The van der Waals surface area contributed by atoms with Gasteiger partial charge in [-0.25, -0.2) is 4.39 Å². The molecule has 0 unspecified atom stereocenters. The number of nitrogens with zero attached hydrogens (tertiary/aromatic N) is 1. The molecule has 5 nitrogen and oxygen atoms in total. The summed E-state index contributed by atoms with van der Waals surface area (Å²) in [5, 5.41) is 2.82. The quantitative estimate of drug-likeness (QED) is 0.667. The molecule has 0 bridgehead atoms. The van der Waals surface area contributed by atoms with Crippen LogP contribution in [0, 0.1) is 5.82 Å². The molecule has 0 aliphatic carbocycles. The highest BCUT2D eigenvalue weighted by atomic mass is 19.1. The molecule has 0 spiro atoms. The van der Waals surface area contributed by atoms with Crippen LogP contribution in [0.4, 0.5) is 4.39 Å². The lowest BCUT2D eigenvalue weighted by Crippen LogP contribution is -2.47. The van der Waals surface area contributed by atoms with E-state index in [0.29, 0.717) is 26.0 Å². The van der Waals surface area contributed by atoms with Crippen LogP contribution in [0.15, 0.2) is 24.3 Å². The fourth-order valence-corrected chi connectivity index (χ4v) is 2.30. The largest absolute Gasteiger partial charge is 0.385 e. The first-order valence-electron chi connectivity index (χ1n) is 8.30. The summed E-state index contributed by atoms with van der Waals surface area (Å²) in [6.07, 6.45) is 1.80. The molecule has 0 saturated carbocycles. The lowest BCUT2D eigenvalue weighted by atomic mass is 10.1. The van der Waals surface area contributed by atoms with Crippen molar-refractivity contribution in [2.75, 3.05) is 20.3 Å². The van der Waals surface area contributed by atoms with Gasteiger partial charge in [0.2, 0.25) is 11.8 Å². The van der Waals surface area contributed by atoms with E-state index in [4.69, 9.17) is 4.74 Å². The number of carbonyl (C=O) groups is 2. The zero-order valence-corrected chi connectivity index (χ0v) is 14.7. The summed E-state index contributed by atoms with van der Waals surface area (Å²) in [6.45, 7) is 4.99. The van der Waals surface area contributed by atoms with E-state index >= 15 is 0 Å². The van der Waals surface area contributed by atoms with E-state index < -0.39 is 6.04 Å². The Morgan fingerprint density at radius 1 is 1.29 bits per heavy atom. The molecule has 0 fully saturated rings. The molecule has 1 aromatic carbocycles. The Morgan fingerprint density at radius 3 is 2.54 bits per heavy atom. The van der Waals surface area contributed by atoms with Crippen molar-refractivity contribution in [1.82, 2.24) is 10.2 Å². The van der Waals surface area contributed by atoms with Crippen LogP contribution in [-0.4, -0.2) is 43.0 Å². The number of hydrogen-bond acceptors (Lipinski definition) is 3. The van der Waals surface area contributed by atoms with Crippen molar-refractivity contribution in [3.05, 3.63) is 35.6 Å². The van der Waals surface area contributed by atoms with Crippen molar-refractivity contribution < 1.29 is 18.7 Å². The number of hydrogen-bond donors (Lipinski definition) is 1. The second-order valence-corrected chi connectivity index (χ2v) is 5.71. The average Bonchev–Trinajstić information content (AvgIpc) is 2.57. The van der Waals surface area contributed by atoms with Crippen LogP contribution in [0.5, 0.6) is 0 Å². The number of amides is 2. The van der Waals surface area contributed by atoms with Crippen molar-refractivity contribution in [2.45, 2.75) is 45.7 Å². The smallest absolute Gasteiger partial charge is 0.242 e. The van der Waals surface area contributed by atoms with Crippen LogP contribution in [0.2, 0.25) is 0 Å². The Bertz CT molecular complexity index is 520. The molecule has 0 radical (unpaired) electrons. The third-order valence-electron chi connectivity index (χ3n) is 3.72. The van der Waals surface area contributed by atoms with Gasteiger partial charge in [0.15, 0.2) is 0 Å². The predicted octanol–water partition coefficient (Wildman–Crippen LogP) is 2.50. The summed E-state index contributed by atoms with van der Waals surface area (Å²) in [4.78, 5) is 26.2. The molecule has 134 valence electrons. The minimum atomic E-state index is -0.586. The van der Waals surface area contributed by atoms with E-state index in [0.717, 1.165) is 12.0 Å². The number of rotatable bonds is 10. The molecule has 1 N–H and O–H groups in total. The van der Waals surface area contributed by atoms with Crippen molar-refractivity contribution in [1.29, 1.82) is 0 Å². The molecule has 1 rings (SSSR count). The molecule has 0 aliphatic heterocycles. The maximum absolute atomic E-state index is 13.0. The minimum absolute atomic E-state index is 0.0821. The Balaban J connectivity index is 2.74. The molecule has 0 saturated heterocycles. The third-order valence-corrected chi connectivity index (χ3v) is 3.72. The fourth-order valence-electron chi connectivity index (χ4n) is 2.30. The van der Waals surface area contributed by atoms with Crippen LogP contribution in [0.25, 0.3) is 0 Å². The zero-order valence-electron chi connectivity index (χ0n) is 14.7. The maximum atomic E-state index is 13.0. The molecular weight excluding hydrogens is 311 g/mol. The summed E-state index contributed by atoms with van der Waals surface area (Å²) in [5.74, 6) is -0.604. The van der Waals surface area contributed by atoms with Gasteiger partial charge in [-0.3, -0.25) is 9.59 Å². The second-order valence-electron chi connectivity index (χ2n) is 5.71. The van der Waals surface area contributed by atoms with Gasteiger partial charge in [0.05, 0.1) is 0 Å². The standard InChI is InChI=1S/C18H27FN2O3/c1-4-6-17(22)21(13-15-7-9-16(19)10-8-15)14(2)18(23)20-11-5-12-24-3/h7-10,14H,4-6,11-13H2,1-3H3,(H,20,23)/t14-/m0/s1. The highest BCUT2D eigenvalue weighted by Crippen LogP contribution is 2.12. The van der Waals surface area contributed by atoms with Crippen molar-refractivity contribution in [3.63, 3.8) is 0 Å². The summed E-state index contributed by atoms with van der Waals surface area (Å²) < 4.78 is 18.0. The first-order valence-corrected chi connectivity index (χ1v) is 8.30. The molecule has 24 heavy (non-hydrogen) atoms. The number of ether oxygens (including phenoxy) is 1. The summed E-state index contributed by atoms with van der Waals surface area (Å²) in [7, 11) is 1.61. The summed E-state index contributed by atoms with van der Waals surface area (Å²) in [6, 6.07) is 5.38. The van der Waals surface area contributed by atoms with Gasteiger partial charge < -0.3 is 15.0 Å². The van der Waals surface area contributed by atoms with E-state index in [1.165, 1.54) is 12.1 Å². The minimum Gasteiger partial charge on any atom is -0.385 e. The highest BCUT2D eigenvalue weighted by molar-refractivity contribution is 5.87. The molecule has 1 aromatic rings. The average molecular weight is 338 g/mol. The normalized spacial score (nSPS) is 11.8. The summed E-state index contributed by atoms with van der Waals surface area (Å²) in [5.41, 5.74) is 0.792.